The number of aryl methyl sites for hydroxylation is 1. The molecule has 0 fully saturated rings. The lowest BCUT2D eigenvalue weighted by Crippen LogP contribution is -2.30. The summed E-state index contributed by atoms with van der Waals surface area (Å²) >= 11 is 5.67. The fourth-order valence-electron chi connectivity index (χ4n) is 2.31. The molecule has 5 nitrogen and oxygen atoms in total. The quantitative estimate of drug-likeness (QED) is 0.773. The molecule has 0 spiro atoms. The van der Waals surface area contributed by atoms with Crippen molar-refractivity contribution in [1.29, 1.82) is 0 Å². The maximum absolute atomic E-state index is 13.1. The van der Waals surface area contributed by atoms with Gasteiger partial charge in [0, 0.05) is 11.3 Å². The molecule has 0 radical (unpaired) electrons. The fourth-order valence-corrected chi connectivity index (χ4v) is 2.49. The SMILES string of the molecule is COc1ccc(C)cc1CC(=O)O[C@H](C)C(=O)Nc1ccc(F)c(Cl)c1. The lowest BCUT2D eigenvalue weighted by molar-refractivity contribution is -0.152. The van der Waals surface area contributed by atoms with Crippen molar-refractivity contribution >= 4 is 29.2 Å². The van der Waals surface area contributed by atoms with Crippen molar-refractivity contribution in [2.24, 2.45) is 0 Å². The van der Waals surface area contributed by atoms with Gasteiger partial charge in [-0.05, 0) is 38.1 Å². The Labute approximate surface area is 156 Å². The van der Waals surface area contributed by atoms with Crippen LogP contribution in [0.2, 0.25) is 5.02 Å². The largest absolute Gasteiger partial charge is 0.496 e. The topological polar surface area (TPSA) is 64.6 Å². The summed E-state index contributed by atoms with van der Waals surface area (Å²) in [5.41, 5.74) is 1.97. The molecule has 0 saturated carbocycles. The minimum atomic E-state index is -1.03. The molecule has 0 aromatic heterocycles. The lowest BCUT2D eigenvalue weighted by Gasteiger charge is -2.15. The number of benzene rings is 2. The van der Waals surface area contributed by atoms with Crippen LogP contribution in [0.15, 0.2) is 36.4 Å². The molecule has 2 aromatic rings. The number of carbonyl (C=O) groups is 2. The maximum atomic E-state index is 13.1. The van der Waals surface area contributed by atoms with Gasteiger partial charge in [0.1, 0.15) is 11.6 Å². The van der Waals surface area contributed by atoms with Gasteiger partial charge in [-0.3, -0.25) is 9.59 Å². The number of rotatable bonds is 6. The van der Waals surface area contributed by atoms with Crippen LogP contribution in [0.3, 0.4) is 0 Å². The molecule has 0 saturated heterocycles. The van der Waals surface area contributed by atoms with Crippen LogP contribution in [0.5, 0.6) is 5.75 Å². The van der Waals surface area contributed by atoms with Gasteiger partial charge in [0.15, 0.2) is 6.10 Å². The Morgan fingerprint density at radius 2 is 1.96 bits per heavy atom. The van der Waals surface area contributed by atoms with Crippen molar-refractivity contribution in [3.8, 4) is 5.75 Å². The number of hydrogen-bond acceptors (Lipinski definition) is 4. The molecule has 0 unspecified atom stereocenters. The van der Waals surface area contributed by atoms with Crippen LogP contribution in [0, 0.1) is 12.7 Å². The summed E-state index contributed by atoms with van der Waals surface area (Å²) in [6, 6.07) is 9.25. The van der Waals surface area contributed by atoms with Crippen LogP contribution in [-0.2, 0) is 20.7 Å². The van der Waals surface area contributed by atoms with Crippen LogP contribution in [0.4, 0.5) is 10.1 Å². The van der Waals surface area contributed by atoms with Gasteiger partial charge in [-0.25, -0.2) is 4.39 Å². The van der Waals surface area contributed by atoms with Gasteiger partial charge in [-0.15, -0.1) is 0 Å². The maximum Gasteiger partial charge on any atom is 0.311 e. The highest BCUT2D eigenvalue weighted by molar-refractivity contribution is 6.31. The first-order chi connectivity index (χ1) is 12.3. The molecule has 7 heteroatoms. The van der Waals surface area contributed by atoms with Crippen molar-refractivity contribution < 1.29 is 23.5 Å². The van der Waals surface area contributed by atoms with Crippen LogP contribution < -0.4 is 10.1 Å². The molecule has 0 bridgehead atoms. The van der Waals surface area contributed by atoms with E-state index in [1.54, 1.807) is 6.07 Å². The highest BCUT2D eigenvalue weighted by Gasteiger charge is 2.19. The molecular formula is C19H19ClFNO4. The molecule has 0 heterocycles. The van der Waals surface area contributed by atoms with E-state index in [-0.39, 0.29) is 11.4 Å². The van der Waals surface area contributed by atoms with Crippen LogP contribution in [0.1, 0.15) is 18.1 Å². The molecule has 2 rings (SSSR count). The lowest BCUT2D eigenvalue weighted by atomic mass is 10.1. The van der Waals surface area contributed by atoms with Gasteiger partial charge in [0.2, 0.25) is 0 Å². The van der Waals surface area contributed by atoms with E-state index in [0.717, 1.165) is 11.6 Å². The van der Waals surface area contributed by atoms with E-state index >= 15 is 0 Å². The minimum absolute atomic E-state index is 0.0230. The van der Waals surface area contributed by atoms with Crippen LogP contribution in [0.25, 0.3) is 0 Å². The van der Waals surface area contributed by atoms with E-state index < -0.39 is 23.8 Å². The summed E-state index contributed by atoms with van der Waals surface area (Å²) in [7, 11) is 1.52. The van der Waals surface area contributed by atoms with Gasteiger partial charge >= 0.3 is 5.97 Å². The average Bonchev–Trinajstić information content (AvgIpc) is 2.58. The summed E-state index contributed by atoms with van der Waals surface area (Å²) in [5, 5.41) is 2.41. The van der Waals surface area contributed by atoms with Gasteiger partial charge in [-0.2, -0.15) is 0 Å². The van der Waals surface area contributed by atoms with Crippen molar-refractivity contribution in [2.45, 2.75) is 26.4 Å². The molecule has 1 atom stereocenters. The van der Waals surface area contributed by atoms with E-state index in [0.29, 0.717) is 17.0 Å². The van der Waals surface area contributed by atoms with Gasteiger partial charge in [0.25, 0.3) is 5.91 Å². The third-order valence-corrected chi connectivity index (χ3v) is 3.92. The zero-order chi connectivity index (χ0) is 19.3. The normalized spacial score (nSPS) is 11.6. The zero-order valence-electron chi connectivity index (χ0n) is 14.6. The van der Waals surface area contributed by atoms with Gasteiger partial charge in [0.05, 0.1) is 18.6 Å². The van der Waals surface area contributed by atoms with E-state index in [1.807, 2.05) is 19.1 Å². The highest BCUT2D eigenvalue weighted by Crippen LogP contribution is 2.21. The summed E-state index contributed by atoms with van der Waals surface area (Å²) in [5.74, 6) is -1.12. The van der Waals surface area contributed by atoms with Crippen molar-refractivity contribution in [3.05, 3.63) is 58.4 Å². The first-order valence-corrected chi connectivity index (χ1v) is 8.27. The molecule has 0 aliphatic carbocycles. The number of nitrogens with one attached hydrogen (secondary N) is 1. The second-order valence-electron chi connectivity index (χ2n) is 5.74. The summed E-state index contributed by atoms with van der Waals surface area (Å²) < 4.78 is 23.5. The smallest absolute Gasteiger partial charge is 0.311 e. The monoisotopic (exact) mass is 379 g/mol. The fraction of sp³-hybridized carbons (Fsp3) is 0.263. The number of ether oxygens (including phenoxy) is 2. The van der Waals surface area contributed by atoms with Crippen molar-refractivity contribution in [1.82, 2.24) is 0 Å². The van der Waals surface area contributed by atoms with E-state index in [1.165, 1.54) is 26.2 Å². The Morgan fingerprint density at radius 3 is 2.62 bits per heavy atom. The van der Waals surface area contributed by atoms with E-state index in [2.05, 4.69) is 5.32 Å². The number of esters is 1. The molecule has 26 heavy (non-hydrogen) atoms. The third-order valence-electron chi connectivity index (χ3n) is 3.64. The second-order valence-corrected chi connectivity index (χ2v) is 6.15. The molecule has 1 amide bonds. The Kier molecular flexibility index (Phi) is 6.58. The zero-order valence-corrected chi connectivity index (χ0v) is 15.4. The van der Waals surface area contributed by atoms with Crippen LogP contribution >= 0.6 is 11.6 Å². The number of hydrogen-bond donors (Lipinski definition) is 1. The molecule has 0 aliphatic heterocycles. The van der Waals surface area contributed by atoms with E-state index in [9.17, 15) is 14.0 Å². The number of halogens is 2. The number of amides is 1. The predicted molar refractivity (Wildman–Crippen MR) is 97.0 cm³/mol. The predicted octanol–water partition coefficient (Wildman–Crippen LogP) is 3.91. The molecule has 1 N–H and O–H groups in total. The molecular weight excluding hydrogens is 361 g/mol. The Hall–Kier alpha value is -2.60. The van der Waals surface area contributed by atoms with Crippen molar-refractivity contribution in [2.75, 3.05) is 12.4 Å². The third kappa shape index (κ3) is 5.20. The molecule has 138 valence electrons. The second kappa shape index (κ2) is 8.67. The average molecular weight is 380 g/mol. The van der Waals surface area contributed by atoms with Gasteiger partial charge in [-0.1, -0.05) is 29.3 Å². The summed E-state index contributed by atoms with van der Waals surface area (Å²) in [6.45, 7) is 3.35. The minimum Gasteiger partial charge on any atom is -0.496 e. The van der Waals surface area contributed by atoms with E-state index in [4.69, 9.17) is 21.1 Å². The number of methoxy groups -OCH3 is 1. The molecule has 2 aromatic carbocycles. The Bertz CT molecular complexity index is 825. The first-order valence-electron chi connectivity index (χ1n) is 7.89. The molecule has 0 aliphatic rings. The highest BCUT2D eigenvalue weighted by atomic mass is 35.5. The number of anilines is 1. The first kappa shape index (κ1) is 19.7. The Balaban J connectivity index is 1.96. The Morgan fingerprint density at radius 1 is 1.23 bits per heavy atom. The summed E-state index contributed by atoms with van der Waals surface area (Å²) in [6.07, 6.45) is -1.05. The standard InChI is InChI=1S/C19H19ClFNO4/c1-11-4-7-17(25-3)13(8-11)9-18(23)26-12(2)19(24)22-14-5-6-16(21)15(20)10-14/h4-8,10,12H,9H2,1-3H3,(H,22,24)/t12-/m1/s1. The van der Waals surface area contributed by atoms with Crippen molar-refractivity contribution in [3.63, 3.8) is 0 Å². The summed E-state index contributed by atoms with van der Waals surface area (Å²) in [4.78, 5) is 24.3. The van der Waals surface area contributed by atoms with Crippen LogP contribution in [-0.4, -0.2) is 25.1 Å². The number of carbonyl (C=O) groups excluding carboxylic acids is 2. The van der Waals surface area contributed by atoms with Gasteiger partial charge < -0.3 is 14.8 Å².